The Bertz CT molecular complexity index is 1350. The zero-order chi connectivity index (χ0) is 31.3. The van der Waals surface area contributed by atoms with E-state index in [4.69, 9.17) is 32.7 Å². The normalized spacial score (nSPS) is 23.7. The van der Waals surface area contributed by atoms with E-state index < -0.39 is 11.5 Å². The Morgan fingerprint density at radius 2 is 1.88 bits per heavy atom. The number of hydrogen-bond donors (Lipinski definition) is 0. The molecule has 7 nitrogen and oxygen atoms in total. The van der Waals surface area contributed by atoms with Gasteiger partial charge in [-0.1, -0.05) is 61.3 Å². The molecule has 1 aliphatic carbocycles. The third-order valence-corrected chi connectivity index (χ3v) is 9.37. The molecule has 0 bridgehead atoms. The van der Waals surface area contributed by atoms with Gasteiger partial charge in [-0.05, 0) is 60.7 Å². The van der Waals surface area contributed by atoms with Crippen LogP contribution in [0.5, 0.6) is 5.75 Å². The summed E-state index contributed by atoms with van der Waals surface area (Å²) in [5.74, 6) is -0.0631. The van der Waals surface area contributed by atoms with Gasteiger partial charge in [0.1, 0.15) is 11.9 Å². The van der Waals surface area contributed by atoms with Gasteiger partial charge in [-0.2, -0.15) is 0 Å². The number of likely N-dealkylation sites (tertiary alicyclic amines) is 1. The standard InChI is InChI=1S/C34H42Cl2N2O5/c1-6-13-37-14-12-34(26-8-7-9-28(17-26)42-23(4)39)19-27(18-32(29(34)21-37)43-24(5)40)38(20-22(2)3)33(41)16-25-10-11-30(35)31(36)15-25/h6-11,15,17,22,27,29,32H,1,12-14,16,18-21H2,2-5H3/t27-,29+,32?,34+/m1/s1. The number of hydrogen-bond acceptors (Lipinski definition) is 6. The molecule has 1 saturated carbocycles. The van der Waals surface area contributed by atoms with Gasteiger partial charge in [-0.25, -0.2) is 0 Å². The van der Waals surface area contributed by atoms with Crippen molar-refractivity contribution in [3.8, 4) is 5.75 Å². The molecule has 2 fully saturated rings. The Kier molecular flexibility index (Phi) is 11.0. The molecule has 0 aromatic heterocycles. The Morgan fingerprint density at radius 1 is 1.12 bits per heavy atom. The van der Waals surface area contributed by atoms with Crippen LogP contribution in [0.3, 0.4) is 0 Å². The van der Waals surface area contributed by atoms with Crippen LogP contribution in [0.1, 0.15) is 58.1 Å². The number of carbonyl (C=O) groups excluding carboxylic acids is 3. The zero-order valence-electron chi connectivity index (χ0n) is 25.5. The fraction of sp³-hybridized carbons (Fsp3) is 0.500. The average molecular weight is 630 g/mol. The number of carbonyl (C=O) groups is 3. The van der Waals surface area contributed by atoms with Crippen molar-refractivity contribution >= 4 is 41.0 Å². The van der Waals surface area contributed by atoms with Gasteiger partial charge in [0, 0.05) is 57.3 Å². The van der Waals surface area contributed by atoms with E-state index in [1.165, 1.54) is 13.8 Å². The van der Waals surface area contributed by atoms with Crippen molar-refractivity contribution in [2.24, 2.45) is 11.8 Å². The average Bonchev–Trinajstić information content (AvgIpc) is 2.93. The molecule has 2 aromatic rings. The molecule has 4 atom stereocenters. The first-order valence-corrected chi connectivity index (χ1v) is 15.7. The molecule has 43 heavy (non-hydrogen) atoms. The van der Waals surface area contributed by atoms with E-state index in [0.717, 1.165) is 37.2 Å². The van der Waals surface area contributed by atoms with Gasteiger partial charge in [-0.15, -0.1) is 6.58 Å². The number of amides is 1. The summed E-state index contributed by atoms with van der Waals surface area (Å²) in [5.41, 5.74) is 1.40. The molecule has 0 N–H and O–H groups in total. The molecule has 1 heterocycles. The Labute approximate surface area is 265 Å². The van der Waals surface area contributed by atoms with E-state index in [1.54, 1.807) is 18.2 Å². The van der Waals surface area contributed by atoms with E-state index in [-0.39, 0.29) is 42.1 Å². The van der Waals surface area contributed by atoms with Crippen molar-refractivity contribution in [3.63, 3.8) is 0 Å². The first kappa shape index (κ1) is 33.0. The van der Waals surface area contributed by atoms with Crippen LogP contribution in [0.2, 0.25) is 10.0 Å². The van der Waals surface area contributed by atoms with E-state index in [0.29, 0.717) is 35.2 Å². The van der Waals surface area contributed by atoms with Crippen molar-refractivity contribution in [2.75, 3.05) is 26.2 Å². The monoisotopic (exact) mass is 628 g/mol. The van der Waals surface area contributed by atoms with E-state index in [2.05, 4.69) is 31.4 Å². The lowest BCUT2D eigenvalue weighted by molar-refractivity contribution is -0.161. The largest absolute Gasteiger partial charge is 0.462 e. The van der Waals surface area contributed by atoms with Crippen LogP contribution in [-0.4, -0.2) is 66.0 Å². The van der Waals surface area contributed by atoms with Gasteiger partial charge in [0.15, 0.2) is 0 Å². The number of benzene rings is 2. The third-order valence-electron chi connectivity index (χ3n) is 8.63. The molecular formula is C34H42Cl2N2O5. The molecule has 1 aliphatic heterocycles. The van der Waals surface area contributed by atoms with Crippen molar-refractivity contribution in [1.29, 1.82) is 0 Å². The summed E-state index contributed by atoms with van der Waals surface area (Å²) >= 11 is 12.4. The van der Waals surface area contributed by atoms with Crippen molar-refractivity contribution in [2.45, 2.75) is 70.9 Å². The summed E-state index contributed by atoms with van der Waals surface area (Å²) < 4.78 is 11.6. The molecule has 2 aliphatic rings. The van der Waals surface area contributed by atoms with Gasteiger partial charge in [0.2, 0.25) is 5.91 Å². The minimum absolute atomic E-state index is 0.00924. The maximum atomic E-state index is 14.1. The van der Waals surface area contributed by atoms with Crippen LogP contribution >= 0.6 is 23.2 Å². The number of rotatable bonds is 10. The van der Waals surface area contributed by atoms with Gasteiger partial charge >= 0.3 is 11.9 Å². The maximum absolute atomic E-state index is 14.1. The van der Waals surface area contributed by atoms with Crippen LogP contribution in [0.4, 0.5) is 0 Å². The summed E-state index contributed by atoms with van der Waals surface area (Å²) in [6.45, 7) is 13.8. The van der Waals surface area contributed by atoms with Gasteiger partial charge in [0.25, 0.3) is 0 Å². The number of piperidine rings is 1. The Hall–Kier alpha value is -2.87. The fourth-order valence-electron chi connectivity index (χ4n) is 6.96. The number of esters is 2. The van der Waals surface area contributed by atoms with Crippen molar-refractivity contribution < 1.29 is 23.9 Å². The fourth-order valence-corrected chi connectivity index (χ4v) is 7.29. The number of nitrogens with zero attached hydrogens (tertiary/aromatic N) is 2. The first-order chi connectivity index (χ1) is 20.4. The quantitative estimate of drug-likeness (QED) is 0.170. The number of halogens is 2. The smallest absolute Gasteiger partial charge is 0.308 e. The van der Waals surface area contributed by atoms with Gasteiger partial charge < -0.3 is 14.4 Å². The molecule has 1 unspecified atom stereocenters. The Balaban J connectivity index is 1.77. The molecule has 9 heteroatoms. The highest BCUT2D eigenvalue weighted by Crippen LogP contribution is 2.51. The SMILES string of the molecule is C=CCN1CC[C@@]2(c3cccc(OC(C)=O)c3)C[C@H](N(CC(C)C)C(=O)Cc3ccc(Cl)c(Cl)c3)CC(OC(C)=O)[C@@H]2C1. The summed E-state index contributed by atoms with van der Waals surface area (Å²) in [6.07, 6.45) is 3.70. The predicted molar refractivity (Wildman–Crippen MR) is 169 cm³/mol. The molecule has 1 saturated heterocycles. The lowest BCUT2D eigenvalue weighted by Crippen LogP contribution is -2.62. The molecule has 232 valence electrons. The Morgan fingerprint density at radius 3 is 2.53 bits per heavy atom. The lowest BCUT2D eigenvalue weighted by Gasteiger charge is -2.56. The highest BCUT2D eigenvalue weighted by molar-refractivity contribution is 6.42. The zero-order valence-corrected chi connectivity index (χ0v) is 27.0. The molecule has 0 radical (unpaired) electrons. The van der Waals surface area contributed by atoms with E-state index >= 15 is 0 Å². The highest BCUT2D eigenvalue weighted by Gasteiger charge is 2.54. The number of ether oxygens (including phenoxy) is 2. The maximum Gasteiger partial charge on any atom is 0.308 e. The van der Waals surface area contributed by atoms with E-state index in [9.17, 15) is 14.4 Å². The summed E-state index contributed by atoms with van der Waals surface area (Å²) in [4.78, 5) is 42.7. The summed E-state index contributed by atoms with van der Waals surface area (Å²) in [5, 5.41) is 0.857. The van der Waals surface area contributed by atoms with E-state index in [1.807, 2.05) is 29.2 Å². The molecule has 1 amide bonds. The van der Waals surface area contributed by atoms with Gasteiger partial charge in [-0.3, -0.25) is 19.3 Å². The minimum Gasteiger partial charge on any atom is -0.462 e. The highest BCUT2D eigenvalue weighted by atomic mass is 35.5. The topological polar surface area (TPSA) is 76.2 Å². The number of fused-ring (bicyclic) bond motifs is 1. The molecule has 4 rings (SSSR count). The third kappa shape index (κ3) is 8.00. The van der Waals surface area contributed by atoms with Crippen LogP contribution < -0.4 is 4.74 Å². The minimum atomic E-state index is -0.421. The van der Waals surface area contributed by atoms with Crippen molar-refractivity contribution in [3.05, 3.63) is 76.3 Å². The lowest BCUT2D eigenvalue weighted by atomic mass is 9.56. The summed E-state index contributed by atoms with van der Waals surface area (Å²) in [6, 6.07) is 12.8. The van der Waals surface area contributed by atoms with Crippen LogP contribution in [0.15, 0.2) is 55.1 Å². The molecule has 2 aromatic carbocycles. The van der Waals surface area contributed by atoms with Crippen molar-refractivity contribution in [1.82, 2.24) is 9.80 Å². The van der Waals surface area contributed by atoms with Gasteiger partial charge in [0.05, 0.1) is 16.5 Å². The summed E-state index contributed by atoms with van der Waals surface area (Å²) in [7, 11) is 0. The second-order valence-corrected chi connectivity index (χ2v) is 13.1. The first-order valence-electron chi connectivity index (χ1n) is 14.9. The van der Waals surface area contributed by atoms with Crippen LogP contribution in [-0.2, 0) is 31.0 Å². The second-order valence-electron chi connectivity index (χ2n) is 12.3. The van der Waals surface area contributed by atoms with Crippen LogP contribution in [0, 0.1) is 11.8 Å². The van der Waals surface area contributed by atoms with Crippen LogP contribution in [0.25, 0.3) is 0 Å². The predicted octanol–water partition coefficient (Wildman–Crippen LogP) is 6.49. The molecular weight excluding hydrogens is 587 g/mol. The second kappa shape index (κ2) is 14.3. The molecule has 0 spiro atoms.